The SMILES string of the molecule is CCCN1CCc2nc(NC(=O)c3ccccc3S(C)(=O)=O)sc2C1. The number of carbonyl (C=O) groups excluding carboxylic acids is 1. The molecule has 0 aliphatic carbocycles. The third kappa shape index (κ3) is 4.08. The van der Waals surface area contributed by atoms with Gasteiger partial charge in [-0.05, 0) is 25.1 Å². The average molecular weight is 380 g/mol. The van der Waals surface area contributed by atoms with Gasteiger partial charge in [-0.1, -0.05) is 19.1 Å². The lowest BCUT2D eigenvalue weighted by molar-refractivity contribution is 0.102. The predicted octanol–water partition coefficient (Wildman–Crippen LogP) is 2.57. The molecule has 8 heteroatoms. The van der Waals surface area contributed by atoms with Gasteiger partial charge in [-0.3, -0.25) is 15.0 Å². The van der Waals surface area contributed by atoms with Crippen LogP contribution in [0.15, 0.2) is 29.2 Å². The molecule has 25 heavy (non-hydrogen) atoms. The molecule has 0 unspecified atom stereocenters. The normalized spacial score (nSPS) is 15.0. The second-order valence-electron chi connectivity index (χ2n) is 6.14. The van der Waals surface area contributed by atoms with Crippen molar-refractivity contribution in [2.45, 2.75) is 31.2 Å². The summed E-state index contributed by atoms with van der Waals surface area (Å²) in [7, 11) is -3.47. The third-order valence-corrected chi connectivity index (χ3v) is 6.25. The van der Waals surface area contributed by atoms with Gasteiger partial charge in [0.25, 0.3) is 5.91 Å². The van der Waals surface area contributed by atoms with E-state index in [1.165, 1.54) is 28.3 Å². The van der Waals surface area contributed by atoms with Crippen molar-refractivity contribution in [2.24, 2.45) is 0 Å². The first-order valence-corrected chi connectivity index (χ1v) is 10.9. The van der Waals surface area contributed by atoms with Crippen molar-refractivity contribution in [3.05, 3.63) is 40.4 Å². The van der Waals surface area contributed by atoms with Crippen LogP contribution in [-0.4, -0.2) is 43.6 Å². The number of aromatic nitrogens is 1. The summed E-state index contributed by atoms with van der Waals surface area (Å²) in [4.78, 5) is 20.6. The number of thiazole rings is 1. The second-order valence-corrected chi connectivity index (χ2v) is 9.21. The van der Waals surface area contributed by atoms with Crippen LogP contribution >= 0.6 is 11.3 Å². The van der Waals surface area contributed by atoms with E-state index in [1.54, 1.807) is 12.1 Å². The van der Waals surface area contributed by atoms with Gasteiger partial charge >= 0.3 is 0 Å². The zero-order valence-electron chi connectivity index (χ0n) is 14.3. The van der Waals surface area contributed by atoms with E-state index in [2.05, 4.69) is 22.1 Å². The van der Waals surface area contributed by atoms with Crippen molar-refractivity contribution in [1.29, 1.82) is 0 Å². The number of nitrogens with one attached hydrogen (secondary N) is 1. The number of hydrogen-bond acceptors (Lipinski definition) is 6. The molecular weight excluding hydrogens is 358 g/mol. The second kappa shape index (κ2) is 7.23. The Kier molecular flexibility index (Phi) is 5.21. The lowest BCUT2D eigenvalue weighted by atomic mass is 10.2. The first-order chi connectivity index (χ1) is 11.9. The van der Waals surface area contributed by atoms with E-state index in [4.69, 9.17) is 0 Å². The number of hydrogen-bond donors (Lipinski definition) is 1. The summed E-state index contributed by atoms with van der Waals surface area (Å²) in [5.74, 6) is -0.447. The molecule has 0 saturated heterocycles. The molecule has 1 aromatic carbocycles. The van der Waals surface area contributed by atoms with E-state index in [0.717, 1.165) is 44.4 Å². The van der Waals surface area contributed by atoms with Crippen molar-refractivity contribution in [3.63, 3.8) is 0 Å². The highest BCUT2D eigenvalue weighted by Crippen LogP contribution is 2.29. The standard InChI is InChI=1S/C17H21N3O3S2/c1-3-9-20-10-8-13-14(11-20)24-17(18-13)19-16(21)12-6-4-5-7-15(12)25(2,22)23/h4-7H,3,8-11H2,1-2H3,(H,18,19,21). The third-order valence-electron chi connectivity index (χ3n) is 4.10. The van der Waals surface area contributed by atoms with Crippen LogP contribution in [0.3, 0.4) is 0 Å². The van der Waals surface area contributed by atoms with Gasteiger partial charge in [-0.15, -0.1) is 11.3 Å². The van der Waals surface area contributed by atoms with Gasteiger partial charge in [0.1, 0.15) is 0 Å². The fraction of sp³-hybridized carbons (Fsp3) is 0.412. The van der Waals surface area contributed by atoms with Gasteiger partial charge in [0, 0.05) is 30.6 Å². The number of anilines is 1. The molecule has 1 aliphatic heterocycles. The lowest BCUT2D eigenvalue weighted by Crippen LogP contribution is -2.30. The zero-order chi connectivity index (χ0) is 18.0. The van der Waals surface area contributed by atoms with Crippen molar-refractivity contribution in [3.8, 4) is 0 Å². The molecule has 1 aromatic heterocycles. The Morgan fingerprint density at radius 3 is 2.84 bits per heavy atom. The molecule has 6 nitrogen and oxygen atoms in total. The number of carbonyl (C=O) groups is 1. The van der Waals surface area contributed by atoms with E-state index in [9.17, 15) is 13.2 Å². The number of nitrogens with zero attached hydrogens (tertiary/aromatic N) is 2. The molecule has 0 spiro atoms. The number of sulfone groups is 1. The van der Waals surface area contributed by atoms with Crippen molar-refractivity contribution in [2.75, 3.05) is 24.7 Å². The average Bonchev–Trinajstić information content (AvgIpc) is 2.96. The number of benzene rings is 1. The monoisotopic (exact) mass is 379 g/mol. The highest BCUT2D eigenvalue weighted by atomic mass is 32.2. The summed E-state index contributed by atoms with van der Waals surface area (Å²) in [5.41, 5.74) is 1.18. The molecule has 134 valence electrons. The van der Waals surface area contributed by atoms with Crippen LogP contribution < -0.4 is 5.32 Å². The van der Waals surface area contributed by atoms with Crippen LogP contribution in [0.2, 0.25) is 0 Å². The Bertz CT molecular complexity index is 890. The first-order valence-electron chi connectivity index (χ1n) is 8.20. The van der Waals surface area contributed by atoms with Gasteiger partial charge in [0.05, 0.1) is 16.2 Å². The van der Waals surface area contributed by atoms with Gasteiger partial charge in [0.2, 0.25) is 0 Å². The maximum Gasteiger partial charge on any atom is 0.258 e. The molecule has 0 atom stereocenters. The minimum atomic E-state index is -3.47. The molecule has 1 N–H and O–H groups in total. The smallest absolute Gasteiger partial charge is 0.258 e. The summed E-state index contributed by atoms with van der Waals surface area (Å²) in [6.07, 6.45) is 3.09. The Morgan fingerprint density at radius 2 is 2.12 bits per heavy atom. The van der Waals surface area contributed by atoms with E-state index in [0.29, 0.717) is 5.13 Å². The highest BCUT2D eigenvalue weighted by Gasteiger charge is 2.23. The van der Waals surface area contributed by atoms with Crippen molar-refractivity contribution in [1.82, 2.24) is 9.88 Å². The molecule has 0 fully saturated rings. The molecule has 0 saturated carbocycles. The molecule has 0 bridgehead atoms. The zero-order valence-corrected chi connectivity index (χ0v) is 15.9. The van der Waals surface area contributed by atoms with Crippen LogP contribution in [0.25, 0.3) is 0 Å². The minimum absolute atomic E-state index is 0.0305. The minimum Gasteiger partial charge on any atom is -0.298 e. The summed E-state index contributed by atoms with van der Waals surface area (Å²) in [6.45, 7) is 5.05. The highest BCUT2D eigenvalue weighted by molar-refractivity contribution is 7.90. The summed E-state index contributed by atoms with van der Waals surface area (Å²) < 4.78 is 23.7. The first kappa shape index (κ1) is 18.0. The molecule has 1 aliphatic rings. The summed E-state index contributed by atoms with van der Waals surface area (Å²) in [5, 5.41) is 3.28. The van der Waals surface area contributed by atoms with Crippen molar-refractivity contribution < 1.29 is 13.2 Å². The quantitative estimate of drug-likeness (QED) is 0.864. The van der Waals surface area contributed by atoms with Gasteiger partial charge in [0.15, 0.2) is 15.0 Å². The van der Waals surface area contributed by atoms with Gasteiger partial charge in [-0.2, -0.15) is 0 Å². The van der Waals surface area contributed by atoms with Crippen LogP contribution in [0.1, 0.15) is 34.3 Å². The maximum atomic E-state index is 12.5. The van der Waals surface area contributed by atoms with Gasteiger partial charge < -0.3 is 0 Å². The summed E-state index contributed by atoms with van der Waals surface area (Å²) >= 11 is 1.47. The Balaban J connectivity index is 1.80. The Morgan fingerprint density at radius 1 is 1.36 bits per heavy atom. The molecule has 0 radical (unpaired) electrons. The fourth-order valence-corrected chi connectivity index (χ4v) is 4.88. The number of rotatable bonds is 5. The number of amides is 1. The van der Waals surface area contributed by atoms with Crippen molar-refractivity contribution >= 4 is 32.2 Å². The molecule has 1 amide bonds. The number of fused-ring (bicyclic) bond motifs is 1. The van der Waals surface area contributed by atoms with E-state index < -0.39 is 15.7 Å². The fourth-order valence-electron chi connectivity index (χ4n) is 2.95. The van der Waals surface area contributed by atoms with Gasteiger partial charge in [-0.25, -0.2) is 13.4 Å². The molecule has 3 rings (SSSR count). The van der Waals surface area contributed by atoms with E-state index >= 15 is 0 Å². The van der Waals surface area contributed by atoms with Crippen LogP contribution in [-0.2, 0) is 22.8 Å². The van der Waals surface area contributed by atoms with E-state index in [1.807, 2.05) is 0 Å². The molecule has 2 aromatic rings. The van der Waals surface area contributed by atoms with E-state index in [-0.39, 0.29) is 10.5 Å². The summed E-state index contributed by atoms with van der Waals surface area (Å²) in [6, 6.07) is 6.22. The van der Waals surface area contributed by atoms with Crippen LogP contribution in [0.4, 0.5) is 5.13 Å². The van der Waals surface area contributed by atoms with Crippen LogP contribution in [0, 0.1) is 0 Å². The predicted molar refractivity (Wildman–Crippen MR) is 98.9 cm³/mol. The molecular formula is C17H21N3O3S2. The Hall–Kier alpha value is -1.77. The topological polar surface area (TPSA) is 79.4 Å². The largest absolute Gasteiger partial charge is 0.298 e. The Labute approximate surface area is 151 Å². The molecule has 2 heterocycles. The van der Waals surface area contributed by atoms with Crippen LogP contribution in [0.5, 0.6) is 0 Å². The lowest BCUT2D eigenvalue weighted by Gasteiger charge is -2.24. The maximum absolute atomic E-state index is 12.5.